The predicted octanol–water partition coefficient (Wildman–Crippen LogP) is 3.51. The van der Waals surface area contributed by atoms with Gasteiger partial charge in [0.05, 0.1) is 29.9 Å². The molecule has 4 nitrogen and oxygen atoms in total. The Morgan fingerprint density at radius 1 is 1.30 bits per heavy atom. The molecule has 0 amide bonds. The quantitative estimate of drug-likeness (QED) is 0.785. The van der Waals surface area contributed by atoms with Crippen molar-refractivity contribution in [3.8, 4) is 11.1 Å². The fourth-order valence-corrected chi connectivity index (χ4v) is 2.73. The third-order valence-electron chi connectivity index (χ3n) is 3.04. The maximum atomic E-state index is 8.92. The molecule has 20 heavy (non-hydrogen) atoms. The first-order valence-electron chi connectivity index (χ1n) is 6.06. The summed E-state index contributed by atoms with van der Waals surface area (Å²) in [6.45, 7) is 0.516. The van der Waals surface area contributed by atoms with E-state index in [0.29, 0.717) is 11.6 Å². The molecule has 3 rings (SSSR count). The van der Waals surface area contributed by atoms with E-state index in [-0.39, 0.29) is 6.61 Å². The summed E-state index contributed by atoms with van der Waals surface area (Å²) in [5.41, 5.74) is 2.57. The molecule has 1 N–H and O–H groups in total. The van der Waals surface area contributed by atoms with Gasteiger partial charge in [-0.15, -0.1) is 0 Å². The number of fused-ring (bicyclic) bond motifs is 1. The average molecular weight is 353 g/mol. The van der Waals surface area contributed by atoms with Crippen LogP contribution in [0.4, 0.5) is 0 Å². The molecule has 0 aliphatic carbocycles. The number of hydrogen-bond acceptors (Lipinski definition) is 3. The van der Waals surface area contributed by atoms with Gasteiger partial charge in [-0.25, -0.2) is 0 Å². The minimum Gasteiger partial charge on any atom is -0.394 e. The first-order valence-corrected chi connectivity index (χ1v) is 7.23. The van der Waals surface area contributed by atoms with E-state index in [9.17, 15) is 0 Å². The molecule has 2 aromatic heterocycles. The largest absolute Gasteiger partial charge is 0.394 e. The van der Waals surface area contributed by atoms with E-state index < -0.39 is 0 Å². The van der Waals surface area contributed by atoms with Crippen LogP contribution < -0.4 is 0 Å². The second kappa shape index (κ2) is 5.52. The molecule has 0 saturated heterocycles. The second-order valence-corrected chi connectivity index (χ2v) is 5.66. The normalized spacial score (nSPS) is 11.2. The van der Waals surface area contributed by atoms with Crippen molar-refractivity contribution in [2.75, 3.05) is 6.61 Å². The van der Waals surface area contributed by atoms with Gasteiger partial charge in [0.25, 0.3) is 0 Å². The molecule has 0 radical (unpaired) electrons. The molecule has 0 aliphatic rings. The fraction of sp³-hybridized carbons (Fsp3) is 0.143. The lowest BCUT2D eigenvalue weighted by Gasteiger charge is -2.05. The Labute approximate surface area is 129 Å². The van der Waals surface area contributed by atoms with Crippen molar-refractivity contribution < 1.29 is 5.11 Å². The SMILES string of the molecule is OCCn1cc(-c2cnc3ccc(Br)cc3c2Cl)cn1. The molecule has 0 aliphatic heterocycles. The number of rotatable bonds is 3. The van der Waals surface area contributed by atoms with Crippen LogP contribution in [-0.2, 0) is 6.54 Å². The van der Waals surface area contributed by atoms with E-state index in [1.54, 1.807) is 17.1 Å². The van der Waals surface area contributed by atoms with E-state index in [2.05, 4.69) is 26.0 Å². The summed E-state index contributed by atoms with van der Waals surface area (Å²) in [6, 6.07) is 5.81. The van der Waals surface area contributed by atoms with Crippen LogP contribution in [0.3, 0.4) is 0 Å². The van der Waals surface area contributed by atoms with E-state index in [1.807, 2.05) is 24.4 Å². The summed E-state index contributed by atoms with van der Waals surface area (Å²) in [4.78, 5) is 4.42. The lowest BCUT2D eigenvalue weighted by atomic mass is 10.1. The van der Waals surface area contributed by atoms with Crippen molar-refractivity contribution in [2.24, 2.45) is 0 Å². The van der Waals surface area contributed by atoms with Crippen molar-refractivity contribution in [3.05, 3.63) is 46.3 Å². The second-order valence-electron chi connectivity index (χ2n) is 4.36. The van der Waals surface area contributed by atoms with Crippen LogP contribution in [0.25, 0.3) is 22.0 Å². The summed E-state index contributed by atoms with van der Waals surface area (Å²) >= 11 is 9.93. The summed E-state index contributed by atoms with van der Waals surface area (Å²) in [5.74, 6) is 0. The Kier molecular flexibility index (Phi) is 3.74. The topological polar surface area (TPSA) is 50.9 Å². The molecule has 0 atom stereocenters. The summed E-state index contributed by atoms with van der Waals surface area (Å²) < 4.78 is 2.64. The van der Waals surface area contributed by atoms with E-state index in [0.717, 1.165) is 26.5 Å². The molecule has 1 aromatic carbocycles. The molecular weight excluding hydrogens is 342 g/mol. The van der Waals surface area contributed by atoms with Crippen LogP contribution in [0.2, 0.25) is 5.02 Å². The van der Waals surface area contributed by atoms with Gasteiger partial charge in [0.15, 0.2) is 0 Å². The first-order chi connectivity index (χ1) is 9.69. The Bertz CT molecular complexity index is 772. The highest BCUT2D eigenvalue weighted by atomic mass is 79.9. The number of pyridine rings is 1. The zero-order valence-corrected chi connectivity index (χ0v) is 12.8. The minimum atomic E-state index is 0.0533. The number of hydrogen-bond donors (Lipinski definition) is 1. The van der Waals surface area contributed by atoms with Crippen LogP contribution in [0.5, 0.6) is 0 Å². The van der Waals surface area contributed by atoms with Gasteiger partial charge in [-0.05, 0) is 18.2 Å². The third kappa shape index (κ3) is 2.44. The highest BCUT2D eigenvalue weighted by molar-refractivity contribution is 9.10. The maximum absolute atomic E-state index is 8.92. The smallest absolute Gasteiger partial charge is 0.0718 e. The molecule has 0 unspecified atom stereocenters. The van der Waals surface area contributed by atoms with Gasteiger partial charge in [-0.2, -0.15) is 5.10 Å². The summed E-state index contributed by atoms with van der Waals surface area (Å²) in [6.07, 6.45) is 5.32. The van der Waals surface area contributed by atoms with Gasteiger partial charge in [-0.3, -0.25) is 9.67 Å². The fourth-order valence-electron chi connectivity index (χ4n) is 2.06. The van der Waals surface area contributed by atoms with Gasteiger partial charge in [0, 0.05) is 33.4 Å². The van der Waals surface area contributed by atoms with E-state index >= 15 is 0 Å². The van der Waals surface area contributed by atoms with Gasteiger partial charge >= 0.3 is 0 Å². The number of aliphatic hydroxyl groups is 1. The number of nitrogens with zero attached hydrogens (tertiary/aromatic N) is 3. The Morgan fingerprint density at radius 3 is 2.95 bits per heavy atom. The van der Waals surface area contributed by atoms with Gasteiger partial charge in [0.2, 0.25) is 0 Å². The van der Waals surface area contributed by atoms with Crippen LogP contribution in [0.15, 0.2) is 41.3 Å². The molecule has 0 fully saturated rings. The Morgan fingerprint density at radius 2 is 2.15 bits per heavy atom. The van der Waals surface area contributed by atoms with Crippen molar-refractivity contribution in [1.29, 1.82) is 0 Å². The highest BCUT2D eigenvalue weighted by Crippen LogP contribution is 2.34. The lowest BCUT2D eigenvalue weighted by molar-refractivity contribution is 0.269. The molecule has 0 spiro atoms. The molecule has 0 saturated carbocycles. The number of halogens is 2. The molecule has 3 aromatic rings. The van der Waals surface area contributed by atoms with Gasteiger partial charge < -0.3 is 5.11 Å². The highest BCUT2D eigenvalue weighted by Gasteiger charge is 2.11. The zero-order valence-electron chi connectivity index (χ0n) is 10.4. The number of aliphatic hydroxyl groups excluding tert-OH is 1. The molecular formula is C14H11BrClN3O. The number of benzene rings is 1. The maximum Gasteiger partial charge on any atom is 0.0718 e. The van der Waals surface area contributed by atoms with Crippen LogP contribution >= 0.6 is 27.5 Å². The Balaban J connectivity index is 2.13. The van der Waals surface area contributed by atoms with Gasteiger partial charge in [0.1, 0.15) is 0 Å². The minimum absolute atomic E-state index is 0.0533. The van der Waals surface area contributed by atoms with Crippen LogP contribution in [-0.4, -0.2) is 26.5 Å². The first kappa shape index (κ1) is 13.5. The number of aromatic nitrogens is 3. The van der Waals surface area contributed by atoms with Crippen molar-refractivity contribution in [1.82, 2.24) is 14.8 Å². The van der Waals surface area contributed by atoms with E-state index in [1.165, 1.54) is 0 Å². The van der Waals surface area contributed by atoms with E-state index in [4.69, 9.17) is 16.7 Å². The summed E-state index contributed by atoms with van der Waals surface area (Å²) in [5, 5.41) is 14.7. The van der Waals surface area contributed by atoms with Crippen molar-refractivity contribution >= 4 is 38.4 Å². The third-order valence-corrected chi connectivity index (χ3v) is 3.94. The molecule has 2 heterocycles. The van der Waals surface area contributed by atoms with Crippen LogP contribution in [0.1, 0.15) is 0 Å². The average Bonchev–Trinajstić information content (AvgIpc) is 2.89. The predicted molar refractivity (Wildman–Crippen MR) is 82.8 cm³/mol. The molecule has 6 heteroatoms. The van der Waals surface area contributed by atoms with Crippen molar-refractivity contribution in [2.45, 2.75) is 6.54 Å². The standard InChI is InChI=1S/C14H11BrClN3O/c15-10-1-2-13-11(5-10)14(16)12(7-17-13)9-6-18-19(8-9)3-4-20/h1-2,5-8,20H,3-4H2. The zero-order chi connectivity index (χ0) is 14.1. The Hall–Kier alpha value is -1.43. The summed E-state index contributed by atoms with van der Waals surface area (Å²) in [7, 11) is 0. The van der Waals surface area contributed by atoms with Crippen molar-refractivity contribution in [3.63, 3.8) is 0 Å². The van der Waals surface area contributed by atoms with Crippen LogP contribution in [0, 0.1) is 0 Å². The molecule has 102 valence electrons. The lowest BCUT2D eigenvalue weighted by Crippen LogP contribution is -2.01. The molecule has 0 bridgehead atoms. The van der Waals surface area contributed by atoms with Gasteiger partial charge in [-0.1, -0.05) is 27.5 Å². The monoisotopic (exact) mass is 351 g/mol.